The highest BCUT2D eigenvalue weighted by atomic mass is 79.9. The third kappa shape index (κ3) is 2.60. The molecule has 0 saturated heterocycles. The van der Waals surface area contributed by atoms with Crippen LogP contribution in [0.4, 0.5) is 0 Å². The zero-order chi connectivity index (χ0) is 11.6. The third-order valence-corrected chi connectivity index (χ3v) is 3.62. The maximum absolute atomic E-state index is 11.7. The van der Waals surface area contributed by atoms with E-state index in [0.717, 1.165) is 5.06 Å². The van der Waals surface area contributed by atoms with Crippen LogP contribution in [0, 0.1) is 0 Å². The van der Waals surface area contributed by atoms with Gasteiger partial charge in [-0.15, -0.1) is 0 Å². The number of halogens is 3. The van der Waals surface area contributed by atoms with Crippen molar-refractivity contribution in [2.75, 3.05) is 14.2 Å². The Hall–Kier alpha value is -0.360. The van der Waals surface area contributed by atoms with Crippen molar-refractivity contribution in [3.05, 3.63) is 26.4 Å². The Balaban J connectivity index is 3.16. The van der Waals surface area contributed by atoms with E-state index in [1.54, 1.807) is 0 Å². The number of aromatic nitrogens is 1. The lowest BCUT2D eigenvalue weighted by atomic mass is 10.2. The van der Waals surface area contributed by atoms with E-state index in [2.05, 4.69) is 20.9 Å². The number of carbonyl (C=O) groups is 1. The molecule has 7 heteroatoms. The number of nitrogens with zero attached hydrogens (tertiary/aromatic N) is 2. The van der Waals surface area contributed by atoms with Gasteiger partial charge in [0, 0.05) is 13.2 Å². The lowest BCUT2D eigenvalue weighted by Gasteiger charge is -2.14. The Kier molecular flexibility index (Phi) is 4.33. The highest BCUT2D eigenvalue weighted by Gasteiger charge is 2.19. The lowest BCUT2D eigenvalue weighted by molar-refractivity contribution is -0.0757. The Morgan fingerprint density at radius 2 is 2.20 bits per heavy atom. The fraction of sp³-hybridized carbons (Fsp3) is 0.250. The van der Waals surface area contributed by atoms with Crippen molar-refractivity contribution in [3.63, 3.8) is 0 Å². The molecule has 82 valence electrons. The van der Waals surface area contributed by atoms with Gasteiger partial charge in [0.25, 0.3) is 5.91 Å². The first kappa shape index (κ1) is 12.7. The van der Waals surface area contributed by atoms with Crippen LogP contribution < -0.4 is 0 Å². The smallest absolute Gasteiger partial charge is 0.274 e. The second-order valence-corrected chi connectivity index (χ2v) is 4.10. The fourth-order valence-corrected chi connectivity index (χ4v) is 1.57. The molecule has 0 aliphatic rings. The summed E-state index contributed by atoms with van der Waals surface area (Å²) in [5.74, 6) is -0.396. The number of carbonyl (C=O) groups excluding carboxylic acids is 1. The van der Waals surface area contributed by atoms with Gasteiger partial charge >= 0.3 is 0 Å². The molecule has 1 aromatic heterocycles. The van der Waals surface area contributed by atoms with Gasteiger partial charge in [-0.2, -0.15) is 0 Å². The molecule has 0 unspecified atom stereocenters. The predicted molar refractivity (Wildman–Crippen MR) is 61.1 cm³/mol. The average molecular weight is 314 g/mol. The van der Waals surface area contributed by atoms with E-state index in [0.29, 0.717) is 4.47 Å². The Bertz CT molecular complexity index is 400. The number of hydrogen-bond donors (Lipinski definition) is 0. The first-order valence-corrected chi connectivity index (χ1v) is 5.35. The average Bonchev–Trinajstić information content (AvgIpc) is 2.24. The zero-order valence-corrected chi connectivity index (χ0v) is 11.0. The molecule has 0 spiro atoms. The molecular formula is C8H7BrCl2N2O2. The number of hydroxylamine groups is 2. The molecule has 0 bridgehead atoms. The Morgan fingerprint density at radius 3 is 2.73 bits per heavy atom. The van der Waals surface area contributed by atoms with E-state index in [4.69, 9.17) is 28.0 Å². The topological polar surface area (TPSA) is 42.4 Å². The molecule has 0 fully saturated rings. The summed E-state index contributed by atoms with van der Waals surface area (Å²) < 4.78 is 0.390. The SMILES string of the molecule is CON(C)C(=O)c1cnc(Cl)c(Br)c1Cl. The summed E-state index contributed by atoms with van der Waals surface area (Å²) >= 11 is 14.8. The van der Waals surface area contributed by atoms with Crippen LogP contribution in [0.1, 0.15) is 10.4 Å². The van der Waals surface area contributed by atoms with E-state index in [1.807, 2.05) is 0 Å². The van der Waals surface area contributed by atoms with Gasteiger partial charge in [-0.05, 0) is 15.9 Å². The van der Waals surface area contributed by atoms with Crippen molar-refractivity contribution < 1.29 is 9.63 Å². The second-order valence-electron chi connectivity index (χ2n) is 2.58. The van der Waals surface area contributed by atoms with Gasteiger partial charge < -0.3 is 0 Å². The summed E-state index contributed by atoms with van der Waals surface area (Å²) in [6.45, 7) is 0. The Morgan fingerprint density at radius 1 is 1.60 bits per heavy atom. The number of amides is 1. The first-order chi connectivity index (χ1) is 6.99. The van der Waals surface area contributed by atoms with Crippen molar-refractivity contribution in [2.45, 2.75) is 0 Å². The highest BCUT2D eigenvalue weighted by molar-refractivity contribution is 9.10. The van der Waals surface area contributed by atoms with Gasteiger partial charge in [-0.25, -0.2) is 10.0 Å². The molecule has 0 aliphatic heterocycles. The van der Waals surface area contributed by atoms with Crippen molar-refractivity contribution >= 4 is 45.0 Å². The summed E-state index contributed by atoms with van der Waals surface area (Å²) in [7, 11) is 2.85. The first-order valence-electron chi connectivity index (χ1n) is 3.80. The maximum Gasteiger partial charge on any atom is 0.280 e. The van der Waals surface area contributed by atoms with Crippen molar-refractivity contribution in [3.8, 4) is 0 Å². The molecule has 4 nitrogen and oxygen atoms in total. The van der Waals surface area contributed by atoms with Gasteiger partial charge in [-0.1, -0.05) is 23.2 Å². The summed E-state index contributed by atoms with van der Waals surface area (Å²) in [4.78, 5) is 20.2. The predicted octanol–water partition coefficient (Wildman–Crippen LogP) is 2.78. The maximum atomic E-state index is 11.7. The van der Waals surface area contributed by atoms with Crippen molar-refractivity contribution in [1.82, 2.24) is 10.0 Å². The molecular weight excluding hydrogens is 307 g/mol. The van der Waals surface area contributed by atoms with Crippen molar-refractivity contribution in [1.29, 1.82) is 0 Å². The van der Waals surface area contributed by atoms with E-state index in [1.165, 1.54) is 20.4 Å². The quantitative estimate of drug-likeness (QED) is 0.623. The number of hydrogen-bond acceptors (Lipinski definition) is 3. The van der Waals surface area contributed by atoms with Crippen LogP contribution in [-0.4, -0.2) is 30.1 Å². The van der Waals surface area contributed by atoms with Crippen LogP contribution in [-0.2, 0) is 4.84 Å². The highest BCUT2D eigenvalue weighted by Crippen LogP contribution is 2.31. The third-order valence-electron chi connectivity index (χ3n) is 1.71. The van der Waals surface area contributed by atoms with Crippen molar-refractivity contribution in [2.24, 2.45) is 0 Å². The largest absolute Gasteiger partial charge is 0.280 e. The molecule has 15 heavy (non-hydrogen) atoms. The summed E-state index contributed by atoms with van der Waals surface area (Å²) in [5, 5.41) is 1.46. The van der Waals surface area contributed by atoms with Crippen LogP contribution in [0.25, 0.3) is 0 Å². The minimum atomic E-state index is -0.396. The van der Waals surface area contributed by atoms with Gasteiger partial charge in [0.15, 0.2) is 0 Å². The minimum absolute atomic E-state index is 0.205. The molecule has 1 rings (SSSR count). The summed E-state index contributed by atoms with van der Waals surface area (Å²) in [6, 6.07) is 0. The normalized spacial score (nSPS) is 10.2. The number of pyridine rings is 1. The standard InChI is InChI=1S/C8H7BrCl2N2O2/c1-13(15-2)8(14)4-3-12-7(11)5(9)6(4)10/h3H,1-2H3. The van der Waals surface area contributed by atoms with E-state index in [9.17, 15) is 4.79 Å². The molecule has 0 saturated carbocycles. The molecule has 0 atom stereocenters. The van der Waals surface area contributed by atoms with E-state index in [-0.39, 0.29) is 15.7 Å². The summed E-state index contributed by atoms with van der Waals surface area (Å²) in [6.07, 6.45) is 1.30. The van der Waals surface area contributed by atoms with Gasteiger partial charge in [-0.3, -0.25) is 9.63 Å². The van der Waals surface area contributed by atoms with Gasteiger partial charge in [0.1, 0.15) is 5.15 Å². The van der Waals surface area contributed by atoms with Crippen LogP contribution in [0.3, 0.4) is 0 Å². The molecule has 0 radical (unpaired) electrons. The van der Waals surface area contributed by atoms with Crippen LogP contribution in [0.15, 0.2) is 10.7 Å². The van der Waals surface area contributed by atoms with Crippen LogP contribution in [0.2, 0.25) is 10.2 Å². The number of rotatable bonds is 2. The lowest BCUT2D eigenvalue weighted by Crippen LogP contribution is -2.25. The van der Waals surface area contributed by atoms with Gasteiger partial charge in [0.05, 0.1) is 22.2 Å². The van der Waals surface area contributed by atoms with E-state index >= 15 is 0 Å². The molecule has 1 amide bonds. The molecule has 0 aliphatic carbocycles. The van der Waals surface area contributed by atoms with Gasteiger partial charge in [0.2, 0.25) is 0 Å². The van der Waals surface area contributed by atoms with E-state index < -0.39 is 5.91 Å². The Labute approximate surface area is 105 Å². The van der Waals surface area contributed by atoms with Crippen LogP contribution >= 0.6 is 39.1 Å². The second kappa shape index (κ2) is 5.12. The fourth-order valence-electron chi connectivity index (χ4n) is 0.845. The zero-order valence-electron chi connectivity index (χ0n) is 7.92. The molecule has 0 N–H and O–H groups in total. The molecule has 0 aromatic carbocycles. The monoisotopic (exact) mass is 312 g/mol. The molecule has 1 heterocycles. The molecule has 1 aromatic rings. The summed E-state index contributed by atoms with van der Waals surface area (Å²) in [5.41, 5.74) is 0.220. The van der Waals surface area contributed by atoms with Crippen LogP contribution in [0.5, 0.6) is 0 Å². The minimum Gasteiger partial charge on any atom is -0.274 e.